The lowest BCUT2D eigenvalue weighted by Crippen LogP contribution is -2.34. The predicted octanol–water partition coefficient (Wildman–Crippen LogP) is 4.33. The Kier molecular flexibility index (Phi) is 5.63. The molecule has 3 rings (SSSR count). The van der Waals surface area contributed by atoms with Crippen LogP contribution in [-0.4, -0.2) is 23.0 Å². The Morgan fingerprint density at radius 3 is 2.43 bits per heavy atom. The van der Waals surface area contributed by atoms with Crippen molar-refractivity contribution in [2.24, 2.45) is 0 Å². The molecular formula is C21H23FN4O2. The van der Waals surface area contributed by atoms with Gasteiger partial charge in [0.05, 0.1) is 17.8 Å². The number of anilines is 2. The molecule has 0 aliphatic rings. The minimum Gasteiger partial charge on any atom is -0.358 e. The molecule has 1 aromatic heterocycles. The standard InChI is InChI=1S/C21H23FN4O2/c1-12(2)23-21(28)26-19-7-5-4-6-18(19)25-20(27)11-15-13(3)24-17-9-8-14(22)10-16(15)17/h4-10,12,24H,11H2,1-3H3,(H,25,27)(H2,23,26,28). The lowest BCUT2D eigenvalue weighted by atomic mass is 10.1. The number of aromatic amines is 1. The number of aryl methyl sites for hydroxylation is 1. The third-order valence-electron chi connectivity index (χ3n) is 4.29. The molecule has 28 heavy (non-hydrogen) atoms. The van der Waals surface area contributed by atoms with E-state index in [4.69, 9.17) is 0 Å². The first kappa shape index (κ1) is 19.4. The topological polar surface area (TPSA) is 86.0 Å². The van der Waals surface area contributed by atoms with E-state index in [0.29, 0.717) is 16.8 Å². The van der Waals surface area contributed by atoms with Gasteiger partial charge in [-0.1, -0.05) is 12.1 Å². The van der Waals surface area contributed by atoms with Crippen molar-refractivity contribution in [3.63, 3.8) is 0 Å². The van der Waals surface area contributed by atoms with E-state index < -0.39 is 0 Å². The molecule has 3 aromatic rings. The molecule has 146 valence electrons. The summed E-state index contributed by atoms with van der Waals surface area (Å²) >= 11 is 0. The summed E-state index contributed by atoms with van der Waals surface area (Å²) in [5.41, 5.74) is 3.34. The third kappa shape index (κ3) is 4.49. The maximum Gasteiger partial charge on any atom is 0.319 e. The lowest BCUT2D eigenvalue weighted by molar-refractivity contribution is -0.115. The molecule has 0 spiro atoms. The number of para-hydroxylation sites is 2. The maximum atomic E-state index is 13.6. The average molecular weight is 382 g/mol. The van der Waals surface area contributed by atoms with Gasteiger partial charge in [0.1, 0.15) is 5.82 Å². The van der Waals surface area contributed by atoms with E-state index in [0.717, 1.165) is 16.8 Å². The van der Waals surface area contributed by atoms with Crippen molar-refractivity contribution in [3.8, 4) is 0 Å². The predicted molar refractivity (Wildman–Crippen MR) is 109 cm³/mol. The molecule has 0 unspecified atom stereocenters. The molecule has 4 N–H and O–H groups in total. The number of hydrogen-bond acceptors (Lipinski definition) is 2. The summed E-state index contributed by atoms with van der Waals surface area (Å²) in [5.74, 6) is -0.606. The van der Waals surface area contributed by atoms with Gasteiger partial charge in [-0.05, 0) is 56.7 Å². The van der Waals surface area contributed by atoms with Crippen LogP contribution in [0.25, 0.3) is 10.9 Å². The van der Waals surface area contributed by atoms with Gasteiger partial charge in [-0.15, -0.1) is 0 Å². The van der Waals surface area contributed by atoms with Crippen molar-refractivity contribution in [1.82, 2.24) is 10.3 Å². The number of aromatic nitrogens is 1. The quantitative estimate of drug-likeness (QED) is 0.529. The number of benzene rings is 2. The molecule has 0 saturated heterocycles. The number of carbonyl (C=O) groups excluding carboxylic acids is 2. The van der Waals surface area contributed by atoms with Crippen LogP contribution in [0.3, 0.4) is 0 Å². The van der Waals surface area contributed by atoms with Gasteiger partial charge in [0.15, 0.2) is 0 Å². The zero-order chi connectivity index (χ0) is 20.3. The Hall–Kier alpha value is -3.35. The Balaban J connectivity index is 1.77. The van der Waals surface area contributed by atoms with Crippen LogP contribution in [0.4, 0.5) is 20.6 Å². The monoisotopic (exact) mass is 382 g/mol. The van der Waals surface area contributed by atoms with Gasteiger partial charge in [-0.3, -0.25) is 4.79 Å². The zero-order valence-corrected chi connectivity index (χ0v) is 16.0. The summed E-state index contributed by atoms with van der Waals surface area (Å²) in [6.45, 7) is 5.57. The van der Waals surface area contributed by atoms with E-state index in [1.807, 2.05) is 20.8 Å². The number of H-pyrrole nitrogens is 1. The summed E-state index contributed by atoms with van der Waals surface area (Å²) in [7, 11) is 0. The smallest absolute Gasteiger partial charge is 0.319 e. The highest BCUT2D eigenvalue weighted by Crippen LogP contribution is 2.25. The van der Waals surface area contributed by atoms with E-state index >= 15 is 0 Å². The molecule has 6 nitrogen and oxygen atoms in total. The van der Waals surface area contributed by atoms with E-state index in [2.05, 4.69) is 20.9 Å². The van der Waals surface area contributed by atoms with Gasteiger partial charge in [0.25, 0.3) is 0 Å². The molecule has 0 bridgehead atoms. The third-order valence-corrected chi connectivity index (χ3v) is 4.29. The first-order valence-electron chi connectivity index (χ1n) is 9.06. The van der Waals surface area contributed by atoms with Crippen LogP contribution >= 0.6 is 0 Å². The number of amides is 3. The van der Waals surface area contributed by atoms with Crippen molar-refractivity contribution in [2.45, 2.75) is 33.2 Å². The van der Waals surface area contributed by atoms with Crippen molar-refractivity contribution >= 4 is 34.2 Å². The number of rotatable bonds is 5. The number of nitrogens with one attached hydrogen (secondary N) is 4. The largest absolute Gasteiger partial charge is 0.358 e. The van der Waals surface area contributed by atoms with Gasteiger partial charge in [-0.2, -0.15) is 0 Å². The highest BCUT2D eigenvalue weighted by atomic mass is 19.1. The van der Waals surface area contributed by atoms with Crippen LogP contribution in [0.2, 0.25) is 0 Å². The second-order valence-corrected chi connectivity index (χ2v) is 6.94. The SMILES string of the molecule is Cc1[nH]c2ccc(F)cc2c1CC(=O)Nc1ccccc1NC(=O)NC(C)C. The van der Waals surface area contributed by atoms with Crippen LogP contribution in [-0.2, 0) is 11.2 Å². The minimum atomic E-state index is -0.348. The van der Waals surface area contributed by atoms with E-state index in [-0.39, 0.29) is 30.2 Å². The normalized spacial score (nSPS) is 10.9. The maximum absolute atomic E-state index is 13.6. The fourth-order valence-corrected chi connectivity index (χ4v) is 3.06. The molecule has 0 atom stereocenters. The molecule has 1 heterocycles. The average Bonchev–Trinajstić information content (AvgIpc) is 2.91. The molecule has 2 aromatic carbocycles. The van der Waals surface area contributed by atoms with Crippen molar-refractivity contribution in [2.75, 3.05) is 10.6 Å². The van der Waals surface area contributed by atoms with Gasteiger partial charge >= 0.3 is 6.03 Å². The van der Waals surface area contributed by atoms with Crippen molar-refractivity contribution < 1.29 is 14.0 Å². The molecule has 0 aliphatic carbocycles. The molecule has 0 saturated carbocycles. The Bertz CT molecular complexity index is 1030. The van der Waals surface area contributed by atoms with Gasteiger partial charge in [-0.25, -0.2) is 9.18 Å². The Morgan fingerprint density at radius 2 is 1.75 bits per heavy atom. The van der Waals surface area contributed by atoms with Crippen molar-refractivity contribution in [3.05, 3.63) is 59.5 Å². The molecular weight excluding hydrogens is 359 g/mol. The van der Waals surface area contributed by atoms with Crippen LogP contribution in [0, 0.1) is 12.7 Å². The van der Waals surface area contributed by atoms with E-state index in [1.165, 1.54) is 12.1 Å². The van der Waals surface area contributed by atoms with Gasteiger partial charge < -0.3 is 20.9 Å². The summed E-state index contributed by atoms with van der Waals surface area (Å²) in [6, 6.07) is 11.1. The summed E-state index contributed by atoms with van der Waals surface area (Å²) in [6.07, 6.45) is 0.0851. The number of fused-ring (bicyclic) bond motifs is 1. The van der Waals surface area contributed by atoms with Gasteiger partial charge in [0, 0.05) is 22.6 Å². The minimum absolute atomic E-state index is 0.00741. The van der Waals surface area contributed by atoms with Crippen molar-refractivity contribution in [1.29, 1.82) is 0 Å². The summed E-state index contributed by atoms with van der Waals surface area (Å²) < 4.78 is 13.6. The fraction of sp³-hybridized carbons (Fsp3) is 0.238. The zero-order valence-electron chi connectivity index (χ0n) is 16.0. The molecule has 0 aliphatic heterocycles. The Labute approximate surface area is 162 Å². The lowest BCUT2D eigenvalue weighted by Gasteiger charge is -2.14. The molecule has 7 heteroatoms. The second-order valence-electron chi connectivity index (χ2n) is 6.94. The molecule has 0 radical (unpaired) electrons. The fourth-order valence-electron chi connectivity index (χ4n) is 3.06. The number of urea groups is 1. The van der Waals surface area contributed by atoms with E-state index in [9.17, 15) is 14.0 Å². The van der Waals surface area contributed by atoms with Crippen LogP contribution in [0.15, 0.2) is 42.5 Å². The van der Waals surface area contributed by atoms with Crippen LogP contribution < -0.4 is 16.0 Å². The molecule has 0 fully saturated rings. The van der Waals surface area contributed by atoms with E-state index in [1.54, 1.807) is 30.3 Å². The van der Waals surface area contributed by atoms with Crippen LogP contribution in [0.1, 0.15) is 25.1 Å². The van der Waals surface area contributed by atoms with Crippen LogP contribution in [0.5, 0.6) is 0 Å². The first-order chi connectivity index (χ1) is 13.3. The number of hydrogen-bond donors (Lipinski definition) is 4. The second kappa shape index (κ2) is 8.12. The molecule has 3 amide bonds. The highest BCUT2D eigenvalue weighted by molar-refractivity contribution is 6.01. The summed E-state index contributed by atoms with van der Waals surface area (Å²) in [4.78, 5) is 27.8. The van der Waals surface area contributed by atoms with Gasteiger partial charge in [0.2, 0.25) is 5.91 Å². The summed E-state index contributed by atoms with van der Waals surface area (Å²) in [5, 5.41) is 8.99. The first-order valence-corrected chi connectivity index (χ1v) is 9.06. The number of halogens is 1. The Morgan fingerprint density at radius 1 is 1.07 bits per heavy atom. The highest BCUT2D eigenvalue weighted by Gasteiger charge is 2.15. The number of carbonyl (C=O) groups is 2.